The smallest absolute Gasteiger partial charge is 0.0595 e. The minimum atomic E-state index is 0. The van der Waals surface area contributed by atoms with Crippen molar-refractivity contribution in [3.63, 3.8) is 0 Å². The summed E-state index contributed by atoms with van der Waals surface area (Å²) in [5.74, 6) is 0. The Morgan fingerprint density at radius 1 is 1.20 bits per heavy atom. The van der Waals surface area contributed by atoms with Gasteiger partial charge in [0.25, 0.3) is 0 Å². The summed E-state index contributed by atoms with van der Waals surface area (Å²) in [4.78, 5) is 2.47. The molecule has 2 rings (SSSR count). The predicted octanol–water partition coefficient (Wildman–Crippen LogP) is 4.36. The Hall–Kier alpha value is 0.0400. The Morgan fingerprint density at radius 2 is 1.85 bits per heavy atom. The molecule has 0 amide bonds. The van der Waals surface area contributed by atoms with Gasteiger partial charge >= 0.3 is 0 Å². The van der Waals surface area contributed by atoms with Crippen molar-refractivity contribution in [1.82, 2.24) is 10.2 Å². The van der Waals surface area contributed by atoms with Crippen LogP contribution in [0.3, 0.4) is 0 Å². The fourth-order valence-corrected chi connectivity index (χ4v) is 2.67. The zero-order valence-electron chi connectivity index (χ0n) is 11.1. The Kier molecular flexibility index (Phi) is 9.90. The topological polar surface area (TPSA) is 15.3 Å². The van der Waals surface area contributed by atoms with E-state index in [2.05, 4.69) is 22.9 Å². The van der Waals surface area contributed by atoms with E-state index in [-0.39, 0.29) is 24.8 Å². The maximum Gasteiger partial charge on any atom is 0.0595 e. The Balaban J connectivity index is 0.00000180. The number of hydrogen-bond acceptors (Lipinski definition) is 2. The molecule has 1 aliphatic heterocycles. The molecule has 1 atom stereocenters. The highest BCUT2D eigenvalue weighted by Crippen LogP contribution is 2.30. The van der Waals surface area contributed by atoms with E-state index in [1.807, 2.05) is 18.2 Å². The molecule has 1 N–H and O–H groups in total. The lowest BCUT2D eigenvalue weighted by atomic mass is 10.0. The van der Waals surface area contributed by atoms with E-state index in [9.17, 15) is 0 Å². The molecule has 0 aliphatic carbocycles. The van der Waals surface area contributed by atoms with Crippen molar-refractivity contribution < 1.29 is 0 Å². The zero-order valence-corrected chi connectivity index (χ0v) is 14.3. The molecule has 0 saturated carbocycles. The van der Waals surface area contributed by atoms with Crippen LogP contribution < -0.4 is 5.32 Å². The molecule has 1 saturated heterocycles. The highest BCUT2D eigenvalue weighted by molar-refractivity contribution is 6.42. The van der Waals surface area contributed by atoms with Crippen molar-refractivity contribution >= 4 is 48.0 Å². The summed E-state index contributed by atoms with van der Waals surface area (Å²) in [6.45, 7) is 8.04. The van der Waals surface area contributed by atoms with Gasteiger partial charge in [-0.1, -0.05) is 35.3 Å². The predicted molar refractivity (Wildman–Crippen MR) is 93.0 cm³/mol. The molecule has 1 aromatic rings. The van der Waals surface area contributed by atoms with Gasteiger partial charge in [-0.25, -0.2) is 0 Å². The van der Waals surface area contributed by atoms with Crippen LogP contribution in [0.2, 0.25) is 10.0 Å². The van der Waals surface area contributed by atoms with E-state index in [0.717, 1.165) is 32.6 Å². The van der Waals surface area contributed by atoms with Gasteiger partial charge in [-0.3, -0.25) is 4.90 Å². The number of nitrogens with one attached hydrogen (secondary N) is 1. The number of hydrogen-bond donors (Lipinski definition) is 1. The van der Waals surface area contributed by atoms with Crippen LogP contribution in [-0.2, 0) is 0 Å². The molecule has 1 aromatic carbocycles. The fourth-order valence-electron chi connectivity index (χ4n) is 2.37. The van der Waals surface area contributed by atoms with Gasteiger partial charge in [0.2, 0.25) is 0 Å². The monoisotopic (exact) mass is 356 g/mol. The third kappa shape index (κ3) is 5.10. The van der Waals surface area contributed by atoms with E-state index in [1.165, 1.54) is 5.56 Å². The molecule has 0 unspecified atom stereocenters. The number of halogens is 4. The van der Waals surface area contributed by atoms with Gasteiger partial charge in [-0.2, -0.15) is 0 Å². The summed E-state index contributed by atoms with van der Waals surface area (Å²) < 4.78 is 0. The molecule has 20 heavy (non-hydrogen) atoms. The maximum absolute atomic E-state index is 6.11. The van der Waals surface area contributed by atoms with Gasteiger partial charge in [-0.05, 0) is 24.1 Å². The van der Waals surface area contributed by atoms with E-state index in [0.29, 0.717) is 16.1 Å². The standard InChI is InChI=1S/C14H18Cl2N2.2ClH/c1-2-3-14(18-8-6-17-7-9-18)11-4-5-12(15)13(16)10-11;;/h2,4-5,10,14,17H,1,3,6-9H2;2*1H/t14-;;/m1../s1. The van der Waals surface area contributed by atoms with Gasteiger partial charge in [0.15, 0.2) is 0 Å². The van der Waals surface area contributed by atoms with Crippen molar-refractivity contribution in [1.29, 1.82) is 0 Å². The van der Waals surface area contributed by atoms with E-state index in [4.69, 9.17) is 23.2 Å². The summed E-state index contributed by atoms with van der Waals surface area (Å²) >= 11 is 12.1. The van der Waals surface area contributed by atoms with Crippen LogP contribution in [0.5, 0.6) is 0 Å². The summed E-state index contributed by atoms with van der Waals surface area (Å²) in [6.07, 6.45) is 2.90. The summed E-state index contributed by atoms with van der Waals surface area (Å²) in [6, 6.07) is 6.25. The molecule has 6 heteroatoms. The molecule has 1 aliphatic rings. The zero-order chi connectivity index (χ0) is 13.0. The van der Waals surface area contributed by atoms with Crippen molar-refractivity contribution in [3.8, 4) is 0 Å². The van der Waals surface area contributed by atoms with Crippen LogP contribution in [0.1, 0.15) is 18.0 Å². The van der Waals surface area contributed by atoms with Crippen LogP contribution in [-0.4, -0.2) is 31.1 Å². The third-order valence-electron chi connectivity index (χ3n) is 3.31. The lowest BCUT2D eigenvalue weighted by Crippen LogP contribution is -2.45. The molecular weight excluding hydrogens is 338 g/mol. The van der Waals surface area contributed by atoms with Gasteiger partial charge in [0.05, 0.1) is 10.0 Å². The molecule has 114 valence electrons. The lowest BCUT2D eigenvalue weighted by molar-refractivity contribution is 0.174. The van der Waals surface area contributed by atoms with Crippen molar-refractivity contribution in [2.75, 3.05) is 26.2 Å². The SMILES string of the molecule is C=CC[C@H](c1ccc(Cl)c(Cl)c1)N1CCNCC1.Cl.Cl. The molecule has 1 heterocycles. The largest absolute Gasteiger partial charge is 0.314 e. The fraction of sp³-hybridized carbons (Fsp3) is 0.429. The minimum absolute atomic E-state index is 0. The first-order valence-electron chi connectivity index (χ1n) is 6.23. The maximum atomic E-state index is 6.11. The van der Waals surface area contributed by atoms with E-state index >= 15 is 0 Å². The first kappa shape index (κ1) is 20.0. The van der Waals surface area contributed by atoms with Gasteiger partial charge in [0.1, 0.15) is 0 Å². The molecule has 0 spiro atoms. The van der Waals surface area contributed by atoms with Crippen molar-refractivity contribution in [2.45, 2.75) is 12.5 Å². The molecule has 1 fully saturated rings. The highest BCUT2D eigenvalue weighted by Gasteiger charge is 2.21. The molecule has 0 bridgehead atoms. The average molecular weight is 358 g/mol. The van der Waals surface area contributed by atoms with Crippen LogP contribution in [0, 0.1) is 0 Å². The Morgan fingerprint density at radius 3 is 2.40 bits per heavy atom. The normalized spacial score (nSPS) is 16.7. The summed E-state index contributed by atoms with van der Waals surface area (Å²) in [5.41, 5.74) is 1.21. The second-order valence-electron chi connectivity index (χ2n) is 4.50. The minimum Gasteiger partial charge on any atom is -0.314 e. The Bertz CT molecular complexity index is 420. The van der Waals surface area contributed by atoms with Gasteiger partial charge in [0, 0.05) is 32.2 Å². The highest BCUT2D eigenvalue weighted by atomic mass is 35.5. The first-order valence-corrected chi connectivity index (χ1v) is 6.98. The van der Waals surface area contributed by atoms with Crippen molar-refractivity contribution in [3.05, 3.63) is 46.5 Å². The third-order valence-corrected chi connectivity index (χ3v) is 4.05. The Labute approximate surface area is 143 Å². The quantitative estimate of drug-likeness (QED) is 0.805. The lowest BCUT2D eigenvalue weighted by Gasteiger charge is -2.35. The second-order valence-corrected chi connectivity index (χ2v) is 5.31. The van der Waals surface area contributed by atoms with Gasteiger partial charge in [-0.15, -0.1) is 31.4 Å². The van der Waals surface area contributed by atoms with Crippen molar-refractivity contribution in [2.24, 2.45) is 0 Å². The summed E-state index contributed by atoms with van der Waals surface area (Å²) in [7, 11) is 0. The molecular formula is C14H20Cl4N2. The number of benzene rings is 1. The molecule has 0 radical (unpaired) electrons. The van der Waals surface area contributed by atoms with E-state index < -0.39 is 0 Å². The van der Waals surface area contributed by atoms with Crippen LogP contribution in [0.15, 0.2) is 30.9 Å². The van der Waals surface area contributed by atoms with E-state index in [1.54, 1.807) is 0 Å². The van der Waals surface area contributed by atoms with Crippen LogP contribution in [0.25, 0.3) is 0 Å². The van der Waals surface area contributed by atoms with Crippen LogP contribution in [0.4, 0.5) is 0 Å². The number of piperazine rings is 1. The molecule has 2 nitrogen and oxygen atoms in total. The molecule has 0 aromatic heterocycles. The second kappa shape index (κ2) is 9.88. The number of rotatable bonds is 4. The number of nitrogens with zero attached hydrogens (tertiary/aromatic N) is 1. The van der Waals surface area contributed by atoms with Gasteiger partial charge < -0.3 is 5.32 Å². The first-order chi connectivity index (χ1) is 8.72. The van der Waals surface area contributed by atoms with Crippen LogP contribution >= 0.6 is 48.0 Å². The summed E-state index contributed by atoms with van der Waals surface area (Å²) in [5, 5.41) is 4.60. The average Bonchev–Trinajstić information content (AvgIpc) is 2.40.